The molecule has 0 aliphatic heterocycles. The van der Waals surface area contributed by atoms with Crippen LogP contribution in [0.4, 0.5) is 4.79 Å². The molecule has 0 unspecified atom stereocenters. The summed E-state index contributed by atoms with van der Waals surface area (Å²) in [5.41, 5.74) is 1.14. The summed E-state index contributed by atoms with van der Waals surface area (Å²) in [6.45, 7) is 0. The molecule has 1 aromatic rings. The van der Waals surface area contributed by atoms with E-state index in [0.29, 0.717) is 0 Å². The minimum atomic E-state index is -0.181. The van der Waals surface area contributed by atoms with Crippen molar-refractivity contribution < 1.29 is 4.79 Å². The van der Waals surface area contributed by atoms with Crippen LogP contribution >= 0.6 is 11.9 Å². The zero-order chi connectivity index (χ0) is 9.52. The summed E-state index contributed by atoms with van der Waals surface area (Å²) in [5, 5.41) is 2.47. The summed E-state index contributed by atoms with van der Waals surface area (Å²) in [6, 6.07) is 3.65. The van der Waals surface area contributed by atoms with Gasteiger partial charge in [0.15, 0.2) is 0 Å². The van der Waals surface area contributed by atoms with Crippen molar-refractivity contribution in [3.05, 3.63) is 30.1 Å². The number of carbonyl (C=O) groups is 1. The van der Waals surface area contributed by atoms with Gasteiger partial charge in [-0.1, -0.05) is 0 Å². The minimum absolute atomic E-state index is 0.181. The molecule has 0 aliphatic rings. The van der Waals surface area contributed by atoms with Gasteiger partial charge in [-0.2, -0.15) is 0 Å². The highest BCUT2D eigenvalue weighted by atomic mass is 32.2. The van der Waals surface area contributed by atoms with E-state index in [1.54, 1.807) is 19.4 Å². The van der Waals surface area contributed by atoms with E-state index in [2.05, 4.69) is 15.0 Å². The lowest BCUT2D eigenvalue weighted by Gasteiger charge is -2.02. The van der Waals surface area contributed by atoms with E-state index in [1.807, 2.05) is 12.1 Å². The van der Waals surface area contributed by atoms with Crippen molar-refractivity contribution in [3.63, 3.8) is 0 Å². The zero-order valence-corrected chi connectivity index (χ0v) is 8.10. The van der Waals surface area contributed by atoms with E-state index in [-0.39, 0.29) is 6.03 Å². The Morgan fingerprint density at radius 3 is 2.85 bits per heavy atom. The first-order valence-corrected chi connectivity index (χ1v) is 4.80. The van der Waals surface area contributed by atoms with Gasteiger partial charge in [0.1, 0.15) is 0 Å². The van der Waals surface area contributed by atoms with Crippen molar-refractivity contribution in [2.24, 2.45) is 0 Å². The topological polar surface area (TPSA) is 54.0 Å². The third-order valence-electron chi connectivity index (χ3n) is 1.38. The molecule has 1 aromatic heterocycles. The van der Waals surface area contributed by atoms with Crippen molar-refractivity contribution in [1.29, 1.82) is 0 Å². The molecule has 2 amide bonds. The molecule has 0 radical (unpaired) electrons. The number of hydrogen-bond donors (Lipinski definition) is 2. The van der Waals surface area contributed by atoms with E-state index >= 15 is 0 Å². The monoisotopic (exact) mass is 197 g/mol. The number of aromatic nitrogens is 1. The van der Waals surface area contributed by atoms with Crippen LogP contribution in [0, 0.1) is 0 Å². The lowest BCUT2D eigenvalue weighted by atomic mass is 10.3. The lowest BCUT2D eigenvalue weighted by Crippen LogP contribution is -2.27. The molecule has 5 heteroatoms. The van der Waals surface area contributed by atoms with Crippen LogP contribution in [0.25, 0.3) is 0 Å². The molecule has 2 N–H and O–H groups in total. The van der Waals surface area contributed by atoms with E-state index in [1.165, 1.54) is 11.9 Å². The van der Waals surface area contributed by atoms with Crippen LogP contribution in [0.3, 0.4) is 0 Å². The average Bonchev–Trinajstić information content (AvgIpc) is 2.19. The van der Waals surface area contributed by atoms with Crippen LogP contribution in [-0.4, -0.2) is 18.1 Å². The maximum absolute atomic E-state index is 10.7. The molecule has 4 nitrogen and oxygen atoms in total. The Morgan fingerprint density at radius 1 is 1.54 bits per heavy atom. The lowest BCUT2D eigenvalue weighted by molar-refractivity contribution is 0.248. The highest BCUT2D eigenvalue weighted by Crippen LogP contribution is 2.06. The highest BCUT2D eigenvalue weighted by Gasteiger charge is 1.95. The van der Waals surface area contributed by atoms with Gasteiger partial charge in [-0.15, -0.1) is 0 Å². The SMILES string of the molecule is CNC(=O)NSCc1ccncc1. The molecular weight excluding hydrogens is 186 g/mol. The molecule has 0 atom stereocenters. The number of urea groups is 1. The summed E-state index contributed by atoms with van der Waals surface area (Å²) in [7, 11) is 1.59. The molecule has 0 spiro atoms. The first-order valence-electron chi connectivity index (χ1n) is 3.81. The third kappa shape index (κ3) is 3.80. The van der Waals surface area contributed by atoms with Gasteiger partial charge in [0.25, 0.3) is 0 Å². The Labute approximate surface area is 81.3 Å². The molecule has 0 aromatic carbocycles. The summed E-state index contributed by atoms with van der Waals surface area (Å²) in [6.07, 6.45) is 3.46. The van der Waals surface area contributed by atoms with Gasteiger partial charge >= 0.3 is 6.03 Å². The number of hydrogen-bond acceptors (Lipinski definition) is 3. The van der Waals surface area contributed by atoms with Crippen molar-refractivity contribution in [3.8, 4) is 0 Å². The summed E-state index contributed by atoms with van der Waals surface area (Å²) in [4.78, 5) is 14.6. The van der Waals surface area contributed by atoms with E-state index in [4.69, 9.17) is 0 Å². The standard InChI is InChI=1S/C8H11N3OS/c1-9-8(12)11-13-6-7-2-4-10-5-3-7/h2-5H,6H2,1H3,(H2,9,11,12). The summed E-state index contributed by atoms with van der Waals surface area (Å²) >= 11 is 1.35. The Morgan fingerprint density at radius 2 is 2.23 bits per heavy atom. The van der Waals surface area contributed by atoms with Gasteiger partial charge in [0.2, 0.25) is 0 Å². The number of rotatable bonds is 3. The van der Waals surface area contributed by atoms with Gasteiger partial charge in [-0.25, -0.2) is 4.79 Å². The Balaban J connectivity index is 2.24. The van der Waals surface area contributed by atoms with Gasteiger partial charge in [0.05, 0.1) is 0 Å². The van der Waals surface area contributed by atoms with E-state index in [9.17, 15) is 4.79 Å². The Kier molecular flexibility index (Phi) is 4.11. The predicted octanol–water partition coefficient (Wildman–Crippen LogP) is 1.16. The minimum Gasteiger partial charge on any atom is -0.341 e. The molecule has 1 heterocycles. The number of nitrogens with zero attached hydrogens (tertiary/aromatic N) is 1. The maximum atomic E-state index is 10.7. The van der Waals surface area contributed by atoms with Gasteiger partial charge in [0, 0.05) is 25.2 Å². The Hall–Kier alpha value is -1.23. The van der Waals surface area contributed by atoms with Crippen LogP contribution in [0.5, 0.6) is 0 Å². The fraction of sp³-hybridized carbons (Fsp3) is 0.250. The molecule has 0 saturated heterocycles. The number of pyridine rings is 1. The van der Waals surface area contributed by atoms with Gasteiger partial charge in [-0.05, 0) is 29.6 Å². The van der Waals surface area contributed by atoms with Crippen molar-refractivity contribution >= 4 is 18.0 Å². The van der Waals surface area contributed by atoms with Crippen molar-refractivity contribution in [1.82, 2.24) is 15.0 Å². The van der Waals surface area contributed by atoms with Crippen LogP contribution in [0.1, 0.15) is 5.56 Å². The summed E-state index contributed by atoms with van der Waals surface area (Å²) < 4.78 is 2.63. The van der Waals surface area contributed by atoms with Crippen molar-refractivity contribution in [2.75, 3.05) is 7.05 Å². The maximum Gasteiger partial charge on any atom is 0.324 e. The average molecular weight is 197 g/mol. The molecule has 1 rings (SSSR count). The quantitative estimate of drug-likeness (QED) is 0.715. The van der Waals surface area contributed by atoms with E-state index in [0.717, 1.165) is 11.3 Å². The number of amides is 2. The van der Waals surface area contributed by atoms with Crippen LogP contribution < -0.4 is 10.0 Å². The highest BCUT2D eigenvalue weighted by molar-refractivity contribution is 7.97. The molecule has 0 aliphatic carbocycles. The first-order chi connectivity index (χ1) is 6.33. The fourth-order valence-corrected chi connectivity index (χ4v) is 1.38. The van der Waals surface area contributed by atoms with Crippen LogP contribution in [0.2, 0.25) is 0 Å². The number of carbonyl (C=O) groups excluding carboxylic acids is 1. The third-order valence-corrected chi connectivity index (χ3v) is 2.19. The molecule has 0 bridgehead atoms. The van der Waals surface area contributed by atoms with Crippen LogP contribution in [0.15, 0.2) is 24.5 Å². The van der Waals surface area contributed by atoms with Crippen LogP contribution in [-0.2, 0) is 5.75 Å². The molecule has 0 saturated carbocycles. The largest absolute Gasteiger partial charge is 0.341 e. The van der Waals surface area contributed by atoms with Crippen molar-refractivity contribution in [2.45, 2.75) is 5.75 Å². The van der Waals surface area contributed by atoms with E-state index < -0.39 is 0 Å². The smallest absolute Gasteiger partial charge is 0.324 e. The molecule has 0 fully saturated rings. The van der Waals surface area contributed by atoms with Gasteiger partial charge in [-0.3, -0.25) is 9.71 Å². The molecular formula is C8H11N3OS. The molecule has 13 heavy (non-hydrogen) atoms. The second kappa shape index (κ2) is 5.42. The fourth-order valence-electron chi connectivity index (χ4n) is 0.715. The second-order valence-electron chi connectivity index (χ2n) is 2.33. The first kappa shape index (κ1) is 9.85. The predicted molar refractivity (Wildman–Crippen MR) is 53.1 cm³/mol. The number of nitrogens with one attached hydrogen (secondary N) is 2. The second-order valence-corrected chi connectivity index (χ2v) is 3.11. The zero-order valence-electron chi connectivity index (χ0n) is 7.28. The normalized spacial score (nSPS) is 9.31. The molecule has 70 valence electrons. The summed E-state index contributed by atoms with van der Waals surface area (Å²) in [5.74, 6) is 0.746. The Bertz CT molecular complexity index is 265. The van der Waals surface area contributed by atoms with Gasteiger partial charge < -0.3 is 5.32 Å².